The van der Waals surface area contributed by atoms with E-state index in [1.807, 2.05) is 13.8 Å². The van der Waals surface area contributed by atoms with Crippen LogP contribution in [0.2, 0.25) is 0 Å². The first-order valence-corrected chi connectivity index (χ1v) is 19.6. The molecule has 3 amide bonds. The maximum absolute atomic E-state index is 14.2. The Morgan fingerprint density at radius 2 is 1.40 bits per heavy atom. The quantitative estimate of drug-likeness (QED) is 0.0940. The number of alkyl halides is 6. The number of carbonyl (C=O) groups excluding carboxylic acids is 3. The van der Waals surface area contributed by atoms with Crippen LogP contribution in [0, 0.1) is 23.7 Å². The van der Waals surface area contributed by atoms with Crippen molar-refractivity contribution in [3.8, 4) is 0 Å². The Labute approximate surface area is 333 Å². The molecule has 3 aliphatic rings. The summed E-state index contributed by atoms with van der Waals surface area (Å²) < 4.78 is 85.1. The average Bonchev–Trinajstić information content (AvgIpc) is 3.99. The molecule has 0 spiro atoms. The maximum Gasteiger partial charge on any atom is 0.417 e. The van der Waals surface area contributed by atoms with Crippen LogP contribution in [0.3, 0.4) is 0 Å². The first kappa shape index (κ1) is 42.8. The van der Waals surface area contributed by atoms with E-state index in [2.05, 4.69) is 20.6 Å². The van der Waals surface area contributed by atoms with Gasteiger partial charge in [0.2, 0.25) is 0 Å². The fourth-order valence-electron chi connectivity index (χ4n) is 6.97. The minimum absolute atomic E-state index is 0.0323. The van der Waals surface area contributed by atoms with Gasteiger partial charge in [0, 0.05) is 31.0 Å². The highest BCUT2D eigenvalue weighted by Gasteiger charge is 2.43. The molecule has 11 nitrogen and oxygen atoms in total. The van der Waals surface area contributed by atoms with Gasteiger partial charge in [0.25, 0.3) is 0 Å². The van der Waals surface area contributed by atoms with Gasteiger partial charge in [-0.1, -0.05) is 13.8 Å². The van der Waals surface area contributed by atoms with Crippen molar-refractivity contribution in [2.45, 2.75) is 116 Å². The maximum atomic E-state index is 14.2. The number of carbonyl (C=O) groups is 3. The number of nitrogens with one attached hydrogen (secondary N) is 2. The van der Waals surface area contributed by atoms with Crippen LogP contribution in [0.5, 0.6) is 0 Å². The summed E-state index contributed by atoms with van der Waals surface area (Å²) in [5, 5.41) is 6.01. The largest absolute Gasteiger partial charge is 0.443 e. The van der Waals surface area contributed by atoms with E-state index >= 15 is 0 Å². The number of hydrogen-bond donors (Lipinski definition) is 2. The zero-order valence-electron chi connectivity index (χ0n) is 33.1. The van der Waals surface area contributed by atoms with E-state index in [0.717, 1.165) is 56.9 Å². The van der Waals surface area contributed by atoms with Crippen LogP contribution in [0.15, 0.2) is 48.9 Å². The molecular formula is C41H49F6N7O4. The van der Waals surface area contributed by atoms with Gasteiger partial charge in [0.05, 0.1) is 47.1 Å². The highest BCUT2D eigenvalue weighted by atomic mass is 19.4. The number of anilines is 2. The van der Waals surface area contributed by atoms with E-state index in [1.165, 1.54) is 28.1 Å². The summed E-state index contributed by atoms with van der Waals surface area (Å²) in [7, 11) is 0. The summed E-state index contributed by atoms with van der Waals surface area (Å²) in [6.07, 6.45) is -2.37. The molecule has 3 saturated carbocycles. The molecule has 6 rings (SSSR count). The second-order valence-corrected chi connectivity index (χ2v) is 16.8. The number of amides is 3. The Bertz CT molecular complexity index is 1940. The number of ether oxygens (including phenoxy) is 1. The number of rotatable bonds is 14. The third-order valence-corrected chi connectivity index (χ3v) is 10.7. The fourth-order valence-corrected chi connectivity index (χ4v) is 6.97. The lowest BCUT2D eigenvalue weighted by molar-refractivity contribution is -0.144. The zero-order valence-corrected chi connectivity index (χ0v) is 33.1. The summed E-state index contributed by atoms with van der Waals surface area (Å²) in [5.41, 5.74) is -1.34. The van der Waals surface area contributed by atoms with Crippen LogP contribution >= 0.6 is 0 Å². The molecule has 3 aliphatic carbocycles. The van der Waals surface area contributed by atoms with Crippen molar-refractivity contribution in [2.75, 3.05) is 16.8 Å². The van der Waals surface area contributed by atoms with Crippen LogP contribution in [-0.4, -0.2) is 56.1 Å². The Morgan fingerprint density at radius 1 is 0.810 bits per heavy atom. The standard InChI is InChI=1S/C41H49F6N7O4/c1-23(25-6-7-25)21-53(22-31-15-13-29(18-49-31)41(45,46)47)37(56)36(55)52-32-16-33(27-10-11-27)35(51-20-32)54(38(57)58-39(3,4)5)34(24(2)26-8-9-26)50-19-30-14-12-28(17-48-30)40(42,43)44/h12-18,20,23-27,34,50H,6-11,19,21-22H2,1-5H3,(H,52,55). The second-order valence-electron chi connectivity index (χ2n) is 16.8. The van der Waals surface area contributed by atoms with Gasteiger partial charge in [-0.3, -0.25) is 24.9 Å². The van der Waals surface area contributed by atoms with Crippen molar-refractivity contribution in [3.63, 3.8) is 0 Å². The highest BCUT2D eigenvalue weighted by molar-refractivity contribution is 6.39. The van der Waals surface area contributed by atoms with E-state index < -0.39 is 53.2 Å². The topological polar surface area (TPSA) is 130 Å². The van der Waals surface area contributed by atoms with Gasteiger partial charge >= 0.3 is 30.3 Å². The van der Waals surface area contributed by atoms with Gasteiger partial charge in [0.15, 0.2) is 0 Å². The lowest BCUT2D eigenvalue weighted by atomic mass is 10.00. The van der Waals surface area contributed by atoms with Gasteiger partial charge in [-0.25, -0.2) is 14.7 Å². The Hall–Kier alpha value is -4.80. The average molecular weight is 818 g/mol. The van der Waals surface area contributed by atoms with E-state index in [1.54, 1.807) is 26.8 Å². The number of aromatic nitrogens is 3. The van der Waals surface area contributed by atoms with Crippen LogP contribution in [-0.2, 0) is 39.8 Å². The molecule has 2 N–H and O–H groups in total. The lowest BCUT2D eigenvalue weighted by Gasteiger charge is -2.37. The van der Waals surface area contributed by atoms with Crippen LogP contribution < -0.4 is 15.5 Å². The number of pyridine rings is 3. The van der Waals surface area contributed by atoms with Crippen LogP contribution in [0.25, 0.3) is 0 Å². The molecule has 3 atom stereocenters. The molecule has 0 radical (unpaired) electrons. The third-order valence-electron chi connectivity index (χ3n) is 10.7. The van der Waals surface area contributed by atoms with Crippen molar-refractivity contribution >= 4 is 29.4 Å². The zero-order chi connectivity index (χ0) is 42.2. The Balaban J connectivity index is 1.26. The Kier molecular flexibility index (Phi) is 12.4. The molecular weight excluding hydrogens is 768 g/mol. The first-order chi connectivity index (χ1) is 27.2. The molecule has 0 aliphatic heterocycles. The molecule has 3 aromatic rings. The highest BCUT2D eigenvalue weighted by Crippen LogP contribution is 2.47. The molecule has 0 bridgehead atoms. The summed E-state index contributed by atoms with van der Waals surface area (Å²) in [5.74, 6) is -1.09. The molecule has 3 heterocycles. The summed E-state index contributed by atoms with van der Waals surface area (Å²) in [6.45, 7) is 9.20. The molecule has 314 valence electrons. The van der Waals surface area contributed by atoms with Gasteiger partial charge in [-0.05, 0) is 119 Å². The fraction of sp³-hybridized carbons (Fsp3) is 0.561. The van der Waals surface area contributed by atoms with Gasteiger partial charge < -0.3 is 15.0 Å². The molecule has 17 heteroatoms. The normalized spacial score (nSPS) is 17.6. The molecule has 3 fully saturated rings. The van der Waals surface area contributed by atoms with E-state index in [-0.39, 0.29) is 60.5 Å². The van der Waals surface area contributed by atoms with Crippen molar-refractivity contribution in [3.05, 3.63) is 77.0 Å². The minimum Gasteiger partial charge on any atom is -0.443 e. The van der Waals surface area contributed by atoms with Crippen LogP contribution in [0.1, 0.15) is 107 Å². The Morgan fingerprint density at radius 3 is 1.90 bits per heavy atom. The third kappa shape index (κ3) is 11.2. The van der Waals surface area contributed by atoms with E-state index in [9.17, 15) is 40.7 Å². The molecule has 58 heavy (non-hydrogen) atoms. The molecule has 0 aromatic carbocycles. The van der Waals surface area contributed by atoms with E-state index in [0.29, 0.717) is 23.4 Å². The summed E-state index contributed by atoms with van der Waals surface area (Å²) in [6, 6.07) is 5.99. The minimum atomic E-state index is -4.58. The van der Waals surface area contributed by atoms with Crippen molar-refractivity contribution < 1.29 is 45.5 Å². The second kappa shape index (κ2) is 16.8. The number of hydrogen-bond acceptors (Lipinski definition) is 8. The number of halogens is 6. The molecule has 3 aromatic heterocycles. The molecule has 0 saturated heterocycles. The first-order valence-electron chi connectivity index (χ1n) is 19.6. The van der Waals surface area contributed by atoms with Gasteiger partial charge in [0.1, 0.15) is 11.4 Å². The summed E-state index contributed by atoms with van der Waals surface area (Å²) >= 11 is 0. The van der Waals surface area contributed by atoms with Crippen LogP contribution in [0.4, 0.5) is 42.6 Å². The predicted molar refractivity (Wildman–Crippen MR) is 202 cm³/mol. The lowest BCUT2D eigenvalue weighted by Crippen LogP contribution is -2.55. The van der Waals surface area contributed by atoms with Gasteiger partial charge in [-0.2, -0.15) is 26.3 Å². The predicted octanol–water partition coefficient (Wildman–Crippen LogP) is 8.70. The van der Waals surface area contributed by atoms with Gasteiger partial charge in [-0.15, -0.1) is 0 Å². The number of nitrogens with zero attached hydrogens (tertiary/aromatic N) is 5. The van der Waals surface area contributed by atoms with E-state index in [4.69, 9.17) is 9.72 Å². The van der Waals surface area contributed by atoms with Crippen molar-refractivity contribution in [2.24, 2.45) is 23.7 Å². The van der Waals surface area contributed by atoms with Crippen molar-refractivity contribution in [1.82, 2.24) is 25.2 Å². The smallest absolute Gasteiger partial charge is 0.417 e. The SMILES string of the molecule is CC(CN(Cc1ccc(C(F)(F)F)cn1)C(=O)C(=O)Nc1cnc(N(C(=O)OC(C)(C)C)C(NCc2ccc(C(F)(F)F)cn2)C(C)C2CC2)c(C2CC2)c1)C1CC1. The molecule has 3 unspecified atom stereocenters. The van der Waals surface area contributed by atoms with Crippen molar-refractivity contribution in [1.29, 1.82) is 0 Å². The monoisotopic (exact) mass is 817 g/mol. The summed E-state index contributed by atoms with van der Waals surface area (Å²) in [4.78, 5) is 56.9.